The monoisotopic (exact) mass is 236 g/mol. The van der Waals surface area contributed by atoms with Gasteiger partial charge >= 0.3 is 0 Å². The second-order valence-corrected chi connectivity index (χ2v) is 7.12. The van der Waals surface area contributed by atoms with Crippen molar-refractivity contribution in [2.45, 2.75) is 78.7 Å². The summed E-state index contributed by atoms with van der Waals surface area (Å²) < 4.78 is 2.22. The maximum atomic E-state index is 4.84. The third-order valence-corrected chi connectivity index (χ3v) is 3.28. The molecule has 0 aromatic carbocycles. The highest BCUT2D eigenvalue weighted by Gasteiger charge is 2.26. The Morgan fingerprint density at radius 3 is 2.00 bits per heavy atom. The van der Waals surface area contributed by atoms with Crippen molar-refractivity contribution in [3.8, 4) is 0 Å². The van der Waals surface area contributed by atoms with Crippen LogP contribution in [0.15, 0.2) is 6.07 Å². The summed E-state index contributed by atoms with van der Waals surface area (Å²) in [6.45, 7) is 17.9. The van der Waals surface area contributed by atoms with Crippen molar-refractivity contribution >= 4 is 0 Å². The van der Waals surface area contributed by atoms with Crippen molar-refractivity contribution in [2.24, 2.45) is 0 Å². The molecule has 0 saturated carbocycles. The minimum absolute atomic E-state index is 0.124. The lowest BCUT2D eigenvalue weighted by Crippen LogP contribution is -2.20. The van der Waals surface area contributed by atoms with Crippen molar-refractivity contribution in [2.75, 3.05) is 0 Å². The summed E-state index contributed by atoms with van der Waals surface area (Å²) >= 11 is 0. The van der Waals surface area contributed by atoms with E-state index in [2.05, 4.69) is 66.1 Å². The molecule has 17 heavy (non-hydrogen) atoms. The Morgan fingerprint density at radius 2 is 1.65 bits per heavy atom. The Hall–Kier alpha value is -0.790. The minimum atomic E-state index is 0.124. The number of hydrogen-bond acceptors (Lipinski definition) is 1. The van der Waals surface area contributed by atoms with Gasteiger partial charge in [0.1, 0.15) is 0 Å². The van der Waals surface area contributed by atoms with Gasteiger partial charge < -0.3 is 0 Å². The van der Waals surface area contributed by atoms with E-state index in [0.29, 0.717) is 6.04 Å². The summed E-state index contributed by atoms with van der Waals surface area (Å²) in [5, 5.41) is 4.84. The lowest BCUT2D eigenvalue weighted by molar-refractivity contribution is 0.409. The van der Waals surface area contributed by atoms with Gasteiger partial charge in [0.05, 0.1) is 5.69 Å². The van der Waals surface area contributed by atoms with Crippen LogP contribution < -0.4 is 0 Å². The first-order valence-electron chi connectivity index (χ1n) is 6.68. The smallest absolute Gasteiger partial charge is 0.0681 e. The Kier molecular flexibility index (Phi) is 3.75. The van der Waals surface area contributed by atoms with E-state index >= 15 is 0 Å². The van der Waals surface area contributed by atoms with Crippen molar-refractivity contribution in [3.05, 3.63) is 17.5 Å². The zero-order valence-corrected chi connectivity index (χ0v) is 12.8. The number of aromatic nitrogens is 2. The van der Waals surface area contributed by atoms with E-state index in [1.807, 2.05) is 0 Å². The molecule has 1 rings (SSSR count). The second-order valence-electron chi connectivity index (χ2n) is 7.12. The van der Waals surface area contributed by atoms with Gasteiger partial charge in [-0.2, -0.15) is 5.10 Å². The van der Waals surface area contributed by atoms with Crippen molar-refractivity contribution < 1.29 is 0 Å². The van der Waals surface area contributed by atoms with Crippen molar-refractivity contribution in [1.29, 1.82) is 0 Å². The number of hydrogen-bond donors (Lipinski definition) is 0. The Morgan fingerprint density at radius 1 is 1.12 bits per heavy atom. The number of nitrogens with zero attached hydrogens (tertiary/aromatic N) is 2. The minimum Gasteiger partial charge on any atom is -0.266 e. The van der Waals surface area contributed by atoms with Crippen LogP contribution in [0.25, 0.3) is 0 Å². The molecule has 1 aromatic heterocycles. The van der Waals surface area contributed by atoms with Gasteiger partial charge in [0, 0.05) is 22.6 Å². The summed E-state index contributed by atoms with van der Waals surface area (Å²) in [6, 6.07) is 2.76. The van der Waals surface area contributed by atoms with Crippen molar-refractivity contribution in [1.82, 2.24) is 9.78 Å². The first-order valence-corrected chi connectivity index (χ1v) is 6.68. The molecule has 1 atom stereocenters. The molecule has 0 spiro atoms. The van der Waals surface area contributed by atoms with E-state index in [-0.39, 0.29) is 10.8 Å². The average Bonchev–Trinajstić information content (AvgIpc) is 2.59. The van der Waals surface area contributed by atoms with E-state index in [1.54, 1.807) is 0 Å². The molecule has 98 valence electrons. The van der Waals surface area contributed by atoms with Crippen LogP contribution in [0.3, 0.4) is 0 Å². The van der Waals surface area contributed by atoms with Crippen LogP contribution >= 0.6 is 0 Å². The van der Waals surface area contributed by atoms with Crippen LogP contribution in [0, 0.1) is 0 Å². The highest BCUT2D eigenvalue weighted by Crippen LogP contribution is 2.30. The number of rotatable bonds is 2. The lowest BCUT2D eigenvalue weighted by Gasteiger charge is -2.23. The second kappa shape index (κ2) is 4.47. The molecule has 1 aromatic rings. The van der Waals surface area contributed by atoms with Crippen LogP contribution in [0.4, 0.5) is 0 Å². The van der Waals surface area contributed by atoms with Crippen LogP contribution in [0.2, 0.25) is 0 Å². The summed E-state index contributed by atoms with van der Waals surface area (Å²) in [7, 11) is 0. The topological polar surface area (TPSA) is 17.8 Å². The standard InChI is InChI=1S/C15H28N2/c1-9-11(2)17-13(15(6,7)8)10-12(16-17)14(3,4)5/h10-11H,9H2,1-8H3. The Bertz CT molecular complexity index is 375. The first-order chi connectivity index (χ1) is 7.57. The fraction of sp³-hybridized carbons (Fsp3) is 0.800. The molecule has 0 N–H and O–H groups in total. The van der Waals surface area contributed by atoms with E-state index in [0.717, 1.165) is 6.42 Å². The molecular weight excluding hydrogens is 208 g/mol. The van der Waals surface area contributed by atoms with Gasteiger partial charge in [0.2, 0.25) is 0 Å². The third kappa shape index (κ3) is 3.11. The highest BCUT2D eigenvalue weighted by molar-refractivity contribution is 5.23. The van der Waals surface area contributed by atoms with E-state index in [1.165, 1.54) is 11.4 Å². The van der Waals surface area contributed by atoms with E-state index < -0.39 is 0 Å². The summed E-state index contributed by atoms with van der Waals surface area (Å²) in [4.78, 5) is 0. The summed E-state index contributed by atoms with van der Waals surface area (Å²) in [5.74, 6) is 0. The van der Waals surface area contributed by atoms with Gasteiger partial charge in [-0.1, -0.05) is 48.5 Å². The maximum absolute atomic E-state index is 4.84. The highest BCUT2D eigenvalue weighted by atomic mass is 15.3. The largest absolute Gasteiger partial charge is 0.266 e. The van der Waals surface area contributed by atoms with Gasteiger partial charge in [-0.3, -0.25) is 4.68 Å². The third-order valence-electron chi connectivity index (χ3n) is 3.28. The molecule has 2 nitrogen and oxygen atoms in total. The molecule has 0 amide bonds. The van der Waals surface area contributed by atoms with Crippen LogP contribution in [0.5, 0.6) is 0 Å². The molecule has 0 radical (unpaired) electrons. The van der Waals surface area contributed by atoms with Gasteiger partial charge in [-0.15, -0.1) is 0 Å². The fourth-order valence-corrected chi connectivity index (χ4v) is 1.83. The van der Waals surface area contributed by atoms with E-state index in [9.17, 15) is 0 Å². The average molecular weight is 236 g/mol. The molecule has 0 aliphatic carbocycles. The SMILES string of the molecule is CCC(C)n1nc(C(C)(C)C)cc1C(C)(C)C. The summed E-state index contributed by atoms with van der Waals surface area (Å²) in [5.41, 5.74) is 2.82. The van der Waals surface area contributed by atoms with Crippen LogP contribution in [-0.2, 0) is 10.8 Å². The van der Waals surface area contributed by atoms with Gasteiger partial charge in [0.25, 0.3) is 0 Å². The molecule has 0 aliphatic heterocycles. The molecule has 1 unspecified atom stereocenters. The predicted octanol–water partition coefficient (Wildman–Crippen LogP) is 4.45. The fourth-order valence-electron chi connectivity index (χ4n) is 1.83. The van der Waals surface area contributed by atoms with Crippen molar-refractivity contribution in [3.63, 3.8) is 0 Å². The van der Waals surface area contributed by atoms with Crippen LogP contribution in [0.1, 0.15) is 79.2 Å². The quantitative estimate of drug-likeness (QED) is 0.742. The zero-order chi connectivity index (χ0) is 13.4. The van der Waals surface area contributed by atoms with Gasteiger partial charge in [0.15, 0.2) is 0 Å². The van der Waals surface area contributed by atoms with Gasteiger partial charge in [-0.25, -0.2) is 0 Å². The molecular formula is C15H28N2. The molecule has 2 heteroatoms. The Labute approximate surface area is 106 Å². The zero-order valence-electron chi connectivity index (χ0n) is 12.8. The van der Waals surface area contributed by atoms with Crippen LogP contribution in [-0.4, -0.2) is 9.78 Å². The summed E-state index contributed by atoms with van der Waals surface area (Å²) in [6.07, 6.45) is 1.12. The lowest BCUT2D eigenvalue weighted by atomic mass is 9.87. The molecule has 0 bridgehead atoms. The maximum Gasteiger partial charge on any atom is 0.0681 e. The van der Waals surface area contributed by atoms with E-state index in [4.69, 9.17) is 5.10 Å². The molecule has 0 aliphatic rings. The Balaban J connectivity index is 3.32. The van der Waals surface area contributed by atoms with Gasteiger partial charge in [-0.05, 0) is 19.4 Å². The molecule has 1 heterocycles. The first kappa shape index (κ1) is 14.3. The molecule has 0 fully saturated rings. The normalized spacial score (nSPS) is 15.1. The predicted molar refractivity (Wildman–Crippen MR) is 74.6 cm³/mol. The molecule has 0 saturated heterocycles.